The summed E-state index contributed by atoms with van der Waals surface area (Å²) in [5, 5.41) is 7.70. The van der Waals surface area contributed by atoms with E-state index in [0.717, 1.165) is 21.8 Å². The highest BCUT2D eigenvalue weighted by Gasteiger charge is 2.16. The average Bonchev–Trinajstić information content (AvgIpc) is 2.95. The van der Waals surface area contributed by atoms with Crippen LogP contribution >= 0.6 is 11.8 Å². The lowest BCUT2D eigenvalue weighted by molar-refractivity contribution is 0.299. The van der Waals surface area contributed by atoms with Gasteiger partial charge in [-0.05, 0) is 46.9 Å². The summed E-state index contributed by atoms with van der Waals surface area (Å²) in [4.78, 5) is 13.3. The molecule has 0 fully saturated rings. The Labute approximate surface area is 154 Å². The van der Waals surface area contributed by atoms with E-state index >= 15 is 0 Å². The first kappa shape index (κ1) is 18.2. The van der Waals surface area contributed by atoms with Crippen molar-refractivity contribution in [2.24, 2.45) is 7.05 Å². The molecule has 0 spiro atoms. The topological polar surface area (TPSA) is 61.9 Å². The van der Waals surface area contributed by atoms with E-state index in [4.69, 9.17) is 4.74 Å². The SMILES string of the molecule is CCSc1cccc(-n2nnn(C)c2=O)c1COc1cc(F)ccc1C. The highest BCUT2D eigenvalue weighted by atomic mass is 32.2. The molecule has 0 bridgehead atoms. The summed E-state index contributed by atoms with van der Waals surface area (Å²) < 4.78 is 21.8. The van der Waals surface area contributed by atoms with Crippen molar-refractivity contribution in [3.05, 3.63) is 63.8 Å². The van der Waals surface area contributed by atoms with Gasteiger partial charge in [0.05, 0.1) is 5.69 Å². The Bertz CT molecular complexity index is 984. The summed E-state index contributed by atoms with van der Waals surface area (Å²) in [5.74, 6) is 0.982. The molecule has 0 aliphatic rings. The van der Waals surface area contributed by atoms with Crippen LogP contribution in [0.3, 0.4) is 0 Å². The van der Waals surface area contributed by atoms with E-state index in [9.17, 15) is 9.18 Å². The summed E-state index contributed by atoms with van der Waals surface area (Å²) in [6, 6.07) is 10.1. The first-order chi connectivity index (χ1) is 12.5. The molecule has 6 nitrogen and oxygen atoms in total. The van der Waals surface area contributed by atoms with Gasteiger partial charge in [0.15, 0.2) is 0 Å². The number of thioether (sulfide) groups is 1. The van der Waals surface area contributed by atoms with Gasteiger partial charge in [0.1, 0.15) is 18.2 Å². The van der Waals surface area contributed by atoms with Crippen molar-refractivity contribution in [1.82, 2.24) is 19.8 Å². The van der Waals surface area contributed by atoms with E-state index in [1.54, 1.807) is 30.9 Å². The third-order valence-electron chi connectivity index (χ3n) is 3.88. The molecular weight excluding hydrogens is 355 g/mol. The molecule has 0 aliphatic carbocycles. The Balaban J connectivity index is 2.02. The Morgan fingerprint density at radius 3 is 2.73 bits per heavy atom. The molecule has 0 N–H and O–H groups in total. The van der Waals surface area contributed by atoms with Crippen LogP contribution < -0.4 is 10.4 Å². The largest absolute Gasteiger partial charge is 0.488 e. The first-order valence-electron chi connectivity index (χ1n) is 8.14. The molecule has 0 atom stereocenters. The number of halogens is 1. The van der Waals surface area contributed by atoms with Crippen LogP contribution in [0.2, 0.25) is 0 Å². The van der Waals surface area contributed by atoms with Gasteiger partial charge in [-0.2, -0.15) is 9.36 Å². The molecule has 26 heavy (non-hydrogen) atoms. The minimum absolute atomic E-state index is 0.186. The molecule has 8 heteroatoms. The lowest BCUT2D eigenvalue weighted by Gasteiger charge is -2.15. The molecule has 3 aromatic rings. The van der Waals surface area contributed by atoms with Crippen LogP contribution in [-0.2, 0) is 13.7 Å². The standard InChI is InChI=1S/C18H19FN4O2S/c1-4-26-17-7-5-6-15(23-18(24)22(3)20-21-23)14(17)11-25-16-10-13(19)9-8-12(16)2/h5-10H,4,11H2,1-3H3. The number of tetrazole rings is 1. The fourth-order valence-electron chi connectivity index (χ4n) is 2.53. The van der Waals surface area contributed by atoms with Gasteiger partial charge in [0.25, 0.3) is 0 Å². The predicted octanol–water partition coefficient (Wildman–Crippen LogP) is 3.10. The molecule has 2 aromatic carbocycles. The Morgan fingerprint density at radius 1 is 1.23 bits per heavy atom. The maximum Gasteiger partial charge on any atom is 0.368 e. The number of benzene rings is 2. The number of ether oxygens (including phenoxy) is 1. The second kappa shape index (κ2) is 7.74. The molecule has 0 saturated carbocycles. The zero-order valence-electron chi connectivity index (χ0n) is 14.8. The summed E-state index contributed by atoms with van der Waals surface area (Å²) >= 11 is 1.64. The zero-order chi connectivity index (χ0) is 18.7. The van der Waals surface area contributed by atoms with Gasteiger partial charge in [0, 0.05) is 23.6 Å². The number of nitrogens with zero attached hydrogens (tertiary/aromatic N) is 4. The summed E-state index contributed by atoms with van der Waals surface area (Å²) in [5.41, 5.74) is 1.92. The van der Waals surface area contributed by atoms with Gasteiger partial charge in [-0.25, -0.2) is 9.18 Å². The monoisotopic (exact) mass is 374 g/mol. The van der Waals surface area contributed by atoms with Crippen LogP contribution in [0.25, 0.3) is 5.69 Å². The highest BCUT2D eigenvalue weighted by molar-refractivity contribution is 7.99. The second-order valence-electron chi connectivity index (χ2n) is 5.68. The van der Waals surface area contributed by atoms with Gasteiger partial charge in [0.2, 0.25) is 0 Å². The van der Waals surface area contributed by atoms with E-state index in [0.29, 0.717) is 11.4 Å². The highest BCUT2D eigenvalue weighted by Crippen LogP contribution is 2.29. The van der Waals surface area contributed by atoms with Crippen molar-refractivity contribution in [2.45, 2.75) is 25.3 Å². The van der Waals surface area contributed by atoms with E-state index in [-0.39, 0.29) is 18.1 Å². The zero-order valence-corrected chi connectivity index (χ0v) is 15.6. The summed E-state index contributed by atoms with van der Waals surface area (Å²) in [7, 11) is 1.54. The van der Waals surface area contributed by atoms with Crippen molar-refractivity contribution in [3.63, 3.8) is 0 Å². The number of hydrogen-bond donors (Lipinski definition) is 0. The Kier molecular flexibility index (Phi) is 5.41. The van der Waals surface area contributed by atoms with Crippen molar-refractivity contribution in [1.29, 1.82) is 0 Å². The van der Waals surface area contributed by atoms with Crippen LogP contribution in [-0.4, -0.2) is 25.5 Å². The van der Waals surface area contributed by atoms with Gasteiger partial charge < -0.3 is 4.74 Å². The van der Waals surface area contributed by atoms with E-state index in [2.05, 4.69) is 10.4 Å². The first-order valence-corrected chi connectivity index (χ1v) is 9.13. The van der Waals surface area contributed by atoms with Crippen molar-refractivity contribution < 1.29 is 9.13 Å². The lowest BCUT2D eigenvalue weighted by atomic mass is 10.2. The van der Waals surface area contributed by atoms with Gasteiger partial charge >= 0.3 is 5.69 Å². The van der Waals surface area contributed by atoms with E-state index < -0.39 is 0 Å². The molecule has 1 aromatic heterocycles. The average molecular weight is 374 g/mol. The van der Waals surface area contributed by atoms with Crippen LogP contribution in [0.15, 0.2) is 46.1 Å². The molecule has 0 unspecified atom stereocenters. The molecular formula is C18H19FN4O2S. The molecule has 1 heterocycles. The number of rotatable bonds is 6. The molecule has 0 aliphatic heterocycles. The maximum atomic E-state index is 13.5. The van der Waals surface area contributed by atoms with Crippen molar-refractivity contribution in [2.75, 3.05) is 5.75 Å². The molecule has 0 radical (unpaired) electrons. The summed E-state index contributed by atoms with van der Waals surface area (Å²) in [6.07, 6.45) is 0. The number of hydrogen-bond acceptors (Lipinski definition) is 5. The second-order valence-corrected chi connectivity index (χ2v) is 6.99. The normalized spacial score (nSPS) is 10.9. The lowest BCUT2D eigenvalue weighted by Crippen LogP contribution is -2.23. The Hall–Kier alpha value is -2.61. The molecule has 136 valence electrons. The van der Waals surface area contributed by atoms with E-state index in [1.165, 1.54) is 21.5 Å². The van der Waals surface area contributed by atoms with Gasteiger partial charge in [-0.3, -0.25) is 0 Å². The van der Waals surface area contributed by atoms with Crippen molar-refractivity contribution >= 4 is 11.8 Å². The minimum atomic E-state index is -0.354. The Morgan fingerprint density at radius 2 is 2.04 bits per heavy atom. The van der Waals surface area contributed by atoms with Crippen molar-refractivity contribution in [3.8, 4) is 11.4 Å². The predicted molar refractivity (Wildman–Crippen MR) is 98.5 cm³/mol. The number of aryl methyl sites for hydroxylation is 2. The quantitative estimate of drug-likeness (QED) is 0.621. The third kappa shape index (κ3) is 3.65. The molecule has 0 amide bonds. The summed E-state index contributed by atoms with van der Waals surface area (Å²) in [6.45, 7) is 4.09. The fraction of sp³-hybridized carbons (Fsp3) is 0.278. The molecule has 3 rings (SSSR count). The molecule has 0 saturated heterocycles. The van der Waals surface area contributed by atoms with Crippen LogP contribution in [0.4, 0.5) is 4.39 Å². The fourth-order valence-corrected chi connectivity index (χ4v) is 3.36. The van der Waals surface area contributed by atoms with Gasteiger partial charge in [-0.1, -0.05) is 19.1 Å². The third-order valence-corrected chi connectivity index (χ3v) is 4.86. The van der Waals surface area contributed by atoms with E-state index in [1.807, 2.05) is 26.0 Å². The maximum absolute atomic E-state index is 13.5. The van der Waals surface area contributed by atoms with Crippen LogP contribution in [0.5, 0.6) is 5.75 Å². The van der Waals surface area contributed by atoms with Crippen LogP contribution in [0, 0.1) is 12.7 Å². The minimum Gasteiger partial charge on any atom is -0.488 e. The van der Waals surface area contributed by atoms with Gasteiger partial charge in [-0.15, -0.1) is 11.8 Å². The smallest absolute Gasteiger partial charge is 0.368 e. The van der Waals surface area contributed by atoms with Crippen LogP contribution in [0.1, 0.15) is 18.1 Å². The number of aromatic nitrogens is 4.